The van der Waals surface area contributed by atoms with Crippen molar-refractivity contribution in [1.29, 1.82) is 0 Å². The van der Waals surface area contributed by atoms with Gasteiger partial charge in [0.05, 0.1) is 5.69 Å². The summed E-state index contributed by atoms with van der Waals surface area (Å²) >= 11 is 0. The second kappa shape index (κ2) is 11.7. The van der Waals surface area contributed by atoms with Crippen molar-refractivity contribution in [2.24, 2.45) is 7.05 Å². The smallest absolute Gasteiger partial charge is 0.262 e. The Morgan fingerprint density at radius 3 is 2.46 bits per heavy atom. The molecule has 3 N–H and O–H groups in total. The van der Waals surface area contributed by atoms with Gasteiger partial charge in [0, 0.05) is 70.2 Å². The molecule has 1 saturated heterocycles. The first-order chi connectivity index (χ1) is 17.8. The Kier molecular flexibility index (Phi) is 8.14. The molecule has 0 radical (unpaired) electrons. The summed E-state index contributed by atoms with van der Waals surface area (Å²) in [6.07, 6.45) is 1.69. The molecule has 2 heterocycles. The van der Waals surface area contributed by atoms with Crippen molar-refractivity contribution >= 4 is 17.5 Å². The normalized spacial score (nSPS) is 13.8. The zero-order chi connectivity index (χ0) is 26.4. The van der Waals surface area contributed by atoms with E-state index < -0.39 is 0 Å². The zero-order valence-corrected chi connectivity index (χ0v) is 20.9. The van der Waals surface area contributed by atoms with Crippen molar-refractivity contribution in [3.63, 3.8) is 0 Å². The number of rotatable bonds is 9. The Hall–Kier alpha value is -4.25. The summed E-state index contributed by atoms with van der Waals surface area (Å²) in [4.78, 5) is 28.1. The number of nitrogens with one attached hydrogen (secondary N) is 1. The van der Waals surface area contributed by atoms with E-state index in [1.807, 2.05) is 30.1 Å². The number of phenolic OH excluding ortho intramolecular Hbond substituents is 2. The highest BCUT2D eigenvalue weighted by atomic mass is 16.5. The highest BCUT2D eigenvalue weighted by Gasteiger charge is 2.19. The van der Waals surface area contributed by atoms with Crippen molar-refractivity contribution in [3.05, 3.63) is 48.7 Å². The van der Waals surface area contributed by atoms with E-state index >= 15 is 0 Å². The van der Waals surface area contributed by atoms with Crippen LogP contribution in [0.15, 0.2) is 48.7 Å². The highest BCUT2D eigenvalue weighted by molar-refractivity contribution is 5.93. The number of piperazine rings is 1. The van der Waals surface area contributed by atoms with E-state index in [0.29, 0.717) is 18.0 Å². The quantitative estimate of drug-likeness (QED) is 0.374. The lowest BCUT2D eigenvalue weighted by Crippen LogP contribution is -2.48. The molecular weight excluding hydrogens is 478 g/mol. The molecule has 0 atom stereocenters. The standard InChI is InChI=1S/C26H31N5O6/c1-18(32)31-11-9-30(10-12-31)13-14-36-25-6-3-19(15-21(25)22-7-8-27-29(22)2)28-26(35)17-37-20-4-5-23(33)24(34)16-20/h3-8,15-16,33-34H,9-14,17H2,1-2H3,(H,28,35). The van der Waals surface area contributed by atoms with Gasteiger partial charge in [-0.05, 0) is 36.4 Å². The number of carbonyl (C=O) groups excluding carboxylic acids is 2. The number of phenols is 2. The predicted molar refractivity (Wildman–Crippen MR) is 137 cm³/mol. The molecular formula is C26H31N5O6. The Labute approximate surface area is 214 Å². The van der Waals surface area contributed by atoms with E-state index in [2.05, 4.69) is 15.3 Å². The van der Waals surface area contributed by atoms with Gasteiger partial charge in [0.1, 0.15) is 18.1 Å². The van der Waals surface area contributed by atoms with Gasteiger partial charge in [-0.1, -0.05) is 0 Å². The lowest BCUT2D eigenvalue weighted by atomic mass is 10.1. The third-order valence-corrected chi connectivity index (χ3v) is 6.16. The number of hydrogen-bond acceptors (Lipinski definition) is 8. The van der Waals surface area contributed by atoms with Crippen LogP contribution < -0.4 is 14.8 Å². The molecule has 1 aromatic heterocycles. The van der Waals surface area contributed by atoms with Gasteiger partial charge >= 0.3 is 0 Å². The average molecular weight is 510 g/mol. The van der Waals surface area contributed by atoms with Gasteiger partial charge in [0.15, 0.2) is 18.1 Å². The van der Waals surface area contributed by atoms with E-state index in [1.165, 1.54) is 18.2 Å². The lowest BCUT2D eigenvalue weighted by molar-refractivity contribution is -0.130. The Bertz CT molecular complexity index is 1250. The molecule has 37 heavy (non-hydrogen) atoms. The average Bonchev–Trinajstić information content (AvgIpc) is 3.31. The monoisotopic (exact) mass is 509 g/mol. The first-order valence-electron chi connectivity index (χ1n) is 12.0. The molecule has 196 valence electrons. The Balaban J connectivity index is 1.38. The topological polar surface area (TPSA) is 129 Å². The van der Waals surface area contributed by atoms with E-state index in [0.717, 1.165) is 44.0 Å². The number of aromatic nitrogens is 2. The summed E-state index contributed by atoms with van der Waals surface area (Å²) in [5.41, 5.74) is 2.17. The molecule has 11 nitrogen and oxygen atoms in total. The number of nitrogens with zero attached hydrogens (tertiary/aromatic N) is 4. The zero-order valence-electron chi connectivity index (χ0n) is 20.9. The van der Waals surface area contributed by atoms with Crippen LogP contribution in [0.2, 0.25) is 0 Å². The van der Waals surface area contributed by atoms with E-state index in [-0.39, 0.29) is 35.7 Å². The van der Waals surface area contributed by atoms with Crippen molar-refractivity contribution in [2.45, 2.75) is 6.92 Å². The number of ether oxygens (including phenoxy) is 2. The minimum absolute atomic E-state index is 0.107. The molecule has 2 aromatic carbocycles. The molecule has 0 aliphatic carbocycles. The minimum atomic E-state index is -0.387. The third kappa shape index (κ3) is 6.70. The molecule has 4 rings (SSSR count). The molecule has 1 fully saturated rings. The van der Waals surface area contributed by atoms with E-state index in [1.54, 1.807) is 23.9 Å². The minimum Gasteiger partial charge on any atom is -0.504 e. The SMILES string of the molecule is CC(=O)N1CCN(CCOc2ccc(NC(=O)COc3ccc(O)c(O)c3)cc2-c2ccnn2C)CC1. The van der Waals surface area contributed by atoms with Crippen LogP contribution >= 0.6 is 0 Å². The van der Waals surface area contributed by atoms with Crippen LogP contribution in [-0.2, 0) is 16.6 Å². The summed E-state index contributed by atoms with van der Waals surface area (Å²) < 4.78 is 13.3. The predicted octanol–water partition coefficient (Wildman–Crippen LogP) is 2.06. The molecule has 0 spiro atoms. The van der Waals surface area contributed by atoms with E-state index in [4.69, 9.17) is 9.47 Å². The Morgan fingerprint density at radius 1 is 1.00 bits per heavy atom. The molecule has 0 bridgehead atoms. The first kappa shape index (κ1) is 25.8. The fourth-order valence-electron chi connectivity index (χ4n) is 4.08. The highest BCUT2D eigenvalue weighted by Crippen LogP contribution is 2.33. The van der Waals surface area contributed by atoms with Gasteiger partial charge < -0.3 is 29.9 Å². The first-order valence-corrected chi connectivity index (χ1v) is 12.0. The van der Waals surface area contributed by atoms with Crippen LogP contribution in [0.25, 0.3) is 11.3 Å². The maximum Gasteiger partial charge on any atom is 0.262 e. The van der Waals surface area contributed by atoms with Crippen LogP contribution in [0.5, 0.6) is 23.0 Å². The van der Waals surface area contributed by atoms with Crippen molar-refractivity contribution in [1.82, 2.24) is 19.6 Å². The third-order valence-electron chi connectivity index (χ3n) is 6.16. The summed E-state index contributed by atoms with van der Waals surface area (Å²) in [5.74, 6) is 0.0502. The van der Waals surface area contributed by atoms with E-state index in [9.17, 15) is 19.8 Å². The summed E-state index contributed by atoms with van der Waals surface area (Å²) in [6, 6.07) is 11.2. The number of carbonyl (C=O) groups is 2. The molecule has 1 aliphatic heterocycles. The summed E-state index contributed by atoms with van der Waals surface area (Å²) in [6.45, 7) is 5.61. The van der Waals surface area contributed by atoms with Crippen LogP contribution in [0, 0.1) is 0 Å². The largest absolute Gasteiger partial charge is 0.504 e. The fraction of sp³-hybridized carbons (Fsp3) is 0.346. The number of aromatic hydroxyl groups is 2. The molecule has 1 aliphatic rings. The maximum atomic E-state index is 12.5. The van der Waals surface area contributed by atoms with Gasteiger partial charge in [0.25, 0.3) is 5.91 Å². The number of aryl methyl sites for hydroxylation is 1. The maximum absolute atomic E-state index is 12.5. The van der Waals surface area contributed by atoms with Crippen LogP contribution in [0.4, 0.5) is 5.69 Å². The number of amides is 2. The van der Waals surface area contributed by atoms with Gasteiger partial charge in [-0.3, -0.25) is 19.2 Å². The second-order valence-electron chi connectivity index (χ2n) is 8.73. The lowest BCUT2D eigenvalue weighted by Gasteiger charge is -2.34. The second-order valence-corrected chi connectivity index (χ2v) is 8.73. The molecule has 2 amide bonds. The molecule has 0 unspecified atom stereocenters. The summed E-state index contributed by atoms with van der Waals surface area (Å²) in [5, 5.41) is 26.0. The number of anilines is 1. The molecule has 0 saturated carbocycles. The van der Waals surface area contributed by atoms with Gasteiger partial charge in [-0.15, -0.1) is 0 Å². The fourth-order valence-corrected chi connectivity index (χ4v) is 4.08. The van der Waals surface area contributed by atoms with Crippen LogP contribution in [0.1, 0.15) is 6.92 Å². The molecule has 3 aromatic rings. The van der Waals surface area contributed by atoms with Crippen LogP contribution in [0.3, 0.4) is 0 Å². The Morgan fingerprint density at radius 2 is 1.78 bits per heavy atom. The number of hydrogen-bond donors (Lipinski definition) is 3. The van der Waals surface area contributed by atoms with Crippen molar-refractivity contribution in [2.75, 3.05) is 51.3 Å². The van der Waals surface area contributed by atoms with Gasteiger partial charge in [0.2, 0.25) is 5.91 Å². The summed E-state index contributed by atoms with van der Waals surface area (Å²) in [7, 11) is 1.83. The van der Waals surface area contributed by atoms with Crippen molar-refractivity contribution in [3.8, 4) is 34.3 Å². The molecule has 11 heteroatoms. The van der Waals surface area contributed by atoms with Gasteiger partial charge in [-0.2, -0.15) is 5.10 Å². The van der Waals surface area contributed by atoms with Crippen molar-refractivity contribution < 1.29 is 29.3 Å². The van der Waals surface area contributed by atoms with Gasteiger partial charge in [-0.25, -0.2) is 0 Å². The number of benzene rings is 2. The van der Waals surface area contributed by atoms with Crippen LogP contribution in [-0.4, -0.2) is 87.5 Å².